The average molecular weight is 216 g/mol. The van der Waals surface area contributed by atoms with Gasteiger partial charge in [-0.15, -0.1) is 0 Å². The maximum Gasteiger partial charge on any atom is 0.0634 e. The molecule has 0 aliphatic rings. The minimum atomic E-state index is -0.0180. The summed E-state index contributed by atoms with van der Waals surface area (Å²) in [6, 6.07) is 0.587. The zero-order valence-corrected chi connectivity index (χ0v) is 11.0. The number of nitrogens with zero attached hydrogens (tertiary/aromatic N) is 1. The van der Waals surface area contributed by atoms with Crippen LogP contribution in [0, 0.1) is 0 Å². The number of rotatable bonds is 8. The van der Waals surface area contributed by atoms with Gasteiger partial charge >= 0.3 is 0 Å². The van der Waals surface area contributed by atoms with Gasteiger partial charge in [-0.1, -0.05) is 0 Å². The minimum absolute atomic E-state index is 0.0180. The van der Waals surface area contributed by atoms with Crippen molar-refractivity contribution in [3.63, 3.8) is 0 Å². The van der Waals surface area contributed by atoms with Gasteiger partial charge in [-0.3, -0.25) is 0 Å². The van der Waals surface area contributed by atoms with Crippen LogP contribution in [-0.4, -0.2) is 43.3 Å². The van der Waals surface area contributed by atoms with Crippen molar-refractivity contribution in [1.29, 1.82) is 0 Å². The van der Waals surface area contributed by atoms with Crippen molar-refractivity contribution in [2.24, 2.45) is 5.73 Å². The fourth-order valence-corrected chi connectivity index (χ4v) is 1.44. The van der Waals surface area contributed by atoms with Gasteiger partial charge in [0, 0.05) is 19.7 Å². The summed E-state index contributed by atoms with van der Waals surface area (Å²) < 4.78 is 5.42. The van der Waals surface area contributed by atoms with E-state index in [1.807, 2.05) is 0 Å². The highest BCUT2D eigenvalue weighted by Crippen LogP contribution is 2.14. The van der Waals surface area contributed by atoms with Gasteiger partial charge in [-0.05, 0) is 53.6 Å². The summed E-state index contributed by atoms with van der Waals surface area (Å²) in [5.74, 6) is 0. The molecule has 0 fully saturated rings. The summed E-state index contributed by atoms with van der Waals surface area (Å²) in [6.45, 7) is 11.7. The van der Waals surface area contributed by atoms with Gasteiger partial charge in [0.1, 0.15) is 0 Å². The summed E-state index contributed by atoms with van der Waals surface area (Å²) in [7, 11) is 1.78. The monoisotopic (exact) mass is 216 g/mol. The van der Waals surface area contributed by atoms with Crippen LogP contribution in [0.25, 0.3) is 0 Å². The van der Waals surface area contributed by atoms with Crippen LogP contribution >= 0.6 is 0 Å². The first-order chi connectivity index (χ1) is 6.93. The molecule has 2 N–H and O–H groups in total. The number of ether oxygens (including phenoxy) is 1. The van der Waals surface area contributed by atoms with Crippen LogP contribution < -0.4 is 5.73 Å². The number of hydrogen-bond acceptors (Lipinski definition) is 3. The van der Waals surface area contributed by atoms with E-state index in [2.05, 4.69) is 32.6 Å². The highest BCUT2D eigenvalue weighted by Gasteiger charge is 2.18. The van der Waals surface area contributed by atoms with E-state index in [0.717, 1.165) is 32.5 Å². The van der Waals surface area contributed by atoms with Crippen molar-refractivity contribution < 1.29 is 4.74 Å². The number of methoxy groups -OCH3 is 1. The quantitative estimate of drug-likeness (QED) is 0.673. The van der Waals surface area contributed by atoms with Crippen molar-refractivity contribution >= 4 is 0 Å². The van der Waals surface area contributed by atoms with Crippen molar-refractivity contribution in [3.05, 3.63) is 0 Å². The molecule has 15 heavy (non-hydrogen) atoms. The molecule has 0 aromatic heterocycles. The Morgan fingerprint density at radius 2 is 1.87 bits per heavy atom. The first-order valence-electron chi connectivity index (χ1n) is 5.92. The van der Waals surface area contributed by atoms with Crippen LogP contribution in [0.2, 0.25) is 0 Å². The lowest BCUT2D eigenvalue weighted by Gasteiger charge is -2.31. The Kier molecular flexibility index (Phi) is 7.14. The van der Waals surface area contributed by atoms with Crippen LogP contribution in [-0.2, 0) is 4.74 Å². The molecule has 0 saturated heterocycles. The molecule has 0 aromatic carbocycles. The van der Waals surface area contributed by atoms with Crippen LogP contribution in [0.3, 0.4) is 0 Å². The zero-order valence-electron chi connectivity index (χ0n) is 11.0. The molecule has 0 aromatic rings. The van der Waals surface area contributed by atoms with E-state index in [-0.39, 0.29) is 5.60 Å². The van der Waals surface area contributed by atoms with Crippen LogP contribution in [0.5, 0.6) is 0 Å². The Hall–Kier alpha value is -0.120. The lowest BCUT2D eigenvalue weighted by Crippen LogP contribution is -2.37. The maximum atomic E-state index is 5.53. The van der Waals surface area contributed by atoms with E-state index in [4.69, 9.17) is 10.5 Å². The molecular formula is C12H28N2O. The van der Waals surface area contributed by atoms with Crippen LogP contribution in [0.4, 0.5) is 0 Å². The molecule has 0 amide bonds. The smallest absolute Gasteiger partial charge is 0.0634 e. The highest BCUT2D eigenvalue weighted by molar-refractivity contribution is 4.72. The molecule has 0 bridgehead atoms. The second kappa shape index (κ2) is 7.20. The molecule has 0 heterocycles. The molecule has 3 heteroatoms. The van der Waals surface area contributed by atoms with Crippen molar-refractivity contribution in [3.8, 4) is 0 Å². The summed E-state index contributed by atoms with van der Waals surface area (Å²) in [5.41, 5.74) is 5.52. The molecule has 0 spiro atoms. The Labute approximate surface area is 95.0 Å². The van der Waals surface area contributed by atoms with Gasteiger partial charge in [-0.2, -0.15) is 0 Å². The van der Waals surface area contributed by atoms with E-state index in [9.17, 15) is 0 Å². The van der Waals surface area contributed by atoms with Crippen molar-refractivity contribution in [2.45, 2.75) is 52.2 Å². The fraction of sp³-hybridized carbons (Fsp3) is 1.00. The molecule has 3 nitrogen and oxygen atoms in total. The molecule has 0 atom stereocenters. The summed E-state index contributed by atoms with van der Waals surface area (Å²) >= 11 is 0. The van der Waals surface area contributed by atoms with E-state index in [1.54, 1.807) is 7.11 Å². The standard InChI is InChI=1S/C12H28N2O/c1-11(2)14(9-6-8-13)10-7-12(3,4)15-5/h11H,6-10,13H2,1-5H3. The number of hydrogen-bond donors (Lipinski definition) is 1. The largest absolute Gasteiger partial charge is 0.379 e. The normalized spacial score (nSPS) is 12.8. The molecule has 92 valence electrons. The zero-order chi connectivity index (χ0) is 11.9. The third-order valence-electron chi connectivity index (χ3n) is 2.93. The lowest BCUT2D eigenvalue weighted by atomic mass is 10.0. The third kappa shape index (κ3) is 6.88. The predicted octanol–water partition coefficient (Wildman–Crippen LogP) is 1.86. The second-order valence-electron chi connectivity index (χ2n) is 4.99. The Morgan fingerprint density at radius 3 is 2.27 bits per heavy atom. The number of nitrogens with two attached hydrogens (primary N) is 1. The Morgan fingerprint density at radius 1 is 1.27 bits per heavy atom. The third-order valence-corrected chi connectivity index (χ3v) is 2.93. The van der Waals surface area contributed by atoms with Crippen molar-refractivity contribution in [1.82, 2.24) is 4.90 Å². The van der Waals surface area contributed by atoms with E-state index in [0.29, 0.717) is 6.04 Å². The molecular weight excluding hydrogens is 188 g/mol. The lowest BCUT2D eigenvalue weighted by molar-refractivity contribution is 0.00505. The SMILES string of the molecule is COC(C)(C)CCN(CCCN)C(C)C. The molecule has 0 aliphatic carbocycles. The minimum Gasteiger partial charge on any atom is -0.379 e. The fourth-order valence-electron chi connectivity index (χ4n) is 1.44. The van der Waals surface area contributed by atoms with Gasteiger partial charge in [0.05, 0.1) is 5.60 Å². The van der Waals surface area contributed by atoms with E-state index in [1.165, 1.54) is 0 Å². The topological polar surface area (TPSA) is 38.5 Å². The molecule has 0 unspecified atom stereocenters. The molecule has 0 radical (unpaired) electrons. The van der Waals surface area contributed by atoms with Gasteiger partial charge in [-0.25, -0.2) is 0 Å². The molecule has 0 rings (SSSR count). The van der Waals surface area contributed by atoms with Gasteiger partial charge in [0.15, 0.2) is 0 Å². The first kappa shape index (κ1) is 14.9. The summed E-state index contributed by atoms with van der Waals surface area (Å²) in [4.78, 5) is 2.47. The Balaban J connectivity index is 3.95. The second-order valence-corrected chi connectivity index (χ2v) is 4.99. The summed E-state index contributed by atoms with van der Waals surface area (Å²) in [5, 5.41) is 0. The van der Waals surface area contributed by atoms with Crippen molar-refractivity contribution in [2.75, 3.05) is 26.7 Å². The molecule has 0 aliphatic heterocycles. The summed E-state index contributed by atoms with van der Waals surface area (Å²) in [6.07, 6.45) is 2.14. The van der Waals surface area contributed by atoms with Crippen LogP contribution in [0.15, 0.2) is 0 Å². The average Bonchev–Trinajstić information content (AvgIpc) is 2.17. The first-order valence-corrected chi connectivity index (χ1v) is 5.92. The van der Waals surface area contributed by atoms with Gasteiger partial charge < -0.3 is 15.4 Å². The van der Waals surface area contributed by atoms with Gasteiger partial charge in [0.25, 0.3) is 0 Å². The van der Waals surface area contributed by atoms with Gasteiger partial charge in [0.2, 0.25) is 0 Å². The van der Waals surface area contributed by atoms with E-state index < -0.39 is 0 Å². The Bertz CT molecular complexity index is 158. The van der Waals surface area contributed by atoms with E-state index >= 15 is 0 Å². The highest BCUT2D eigenvalue weighted by atomic mass is 16.5. The maximum absolute atomic E-state index is 5.53. The predicted molar refractivity (Wildman–Crippen MR) is 66.1 cm³/mol. The molecule has 0 saturated carbocycles. The van der Waals surface area contributed by atoms with Crippen LogP contribution in [0.1, 0.15) is 40.5 Å².